The zero-order valence-electron chi connectivity index (χ0n) is 12.4. The molecule has 1 atom stereocenters. The molecule has 3 aromatic rings. The van der Waals surface area contributed by atoms with Gasteiger partial charge in [0.2, 0.25) is 0 Å². The Kier molecular flexibility index (Phi) is 3.38. The van der Waals surface area contributed by atoms with E-state index in [0.29, 0.717) is 29.4 Å². The van der Waals surface area contributed by atoms with E-state index in [9.17, 15) is 4.39 Å². The third-order valence-electron chi connectivity index (χ3n) is 4.15. The monoisotopic (exact) mass is 313 g/mol. The maximum atomic E-state index is 13.0. The number of nitrogens with two attached hydrogens (primary N) is 1. The Hall–Kier alpha value is -2.61. The van der Waals surface area contributed by atoms with Crippen molar-refractivity contribution in [2.75, 3.05) is 12.3 Å². The lowest BCUT2D eigenvalue weighted by Gasteiger charge is -2.23. The molecule has 0 amide bonds. The molecular formula is C15H16FN7. The Labute approximate surface area is 131 Å². The summed E-state index contributed by atoms with van der Waals surface area (Å²) in [6.45, 7) is 1.55. The molecule has 3 N–H and O–H groups in total. The number of imidazole rings is 1. The number of likely N-dealkylation sites (tertiary alicyclic amines) is 1. The van der Waals surface area contributed by atoms with Crippen molar-refractivity contribution >= 4 is 17.0 Å². The van der Waals surface area contributed by atoms with Crippen molar-refractivity contribution in [3.05, 3.63) is 42.0 Å². The molecule has 0 bridgehead atoms. The van der Waals surface area contributed by atoms with Gasteiger partial charge in [-0.1, -0.05) is 0 Å². The van der Waals surface area contributed by atoms with E-state index in [0.717, 1.165) is 25.1 Å². The van der Waals surface area contributed by atoms with Gasteiger partial charge in [-0.05, 0) is 31.5 Å². The molecule has 23 heavy (non-hydrogen) atoms. The first-order valence-electron chi connectivity index (χ1n) is 7.51. The normalized spacial score (nSPS) is 18.7. The maximum Gasteiger partial charge on any atom is 0.183 e. The van der Waals surface area contributed by atoms with Crippen molar-refractivity contribution in [3.8, 4) is 0 Å². The summed E-state index contributed by atoms with van der Waals surface area (Å²) in [6, 6.07) is 3.21. The molecule has 1 unspecified atom stereocenters. The van der Waals surface area contributed by atoms with Crippen LogP contribution in [0.3, 0.4) is 0 Å². The van der Waals surface area contributed by atoms with E-state index in [1.807, 2.05) is 0 Å². The Morgan fingerprint density at radius 2 is 2.22 bits per heavy atom. The highest BCUT2D eigenvalue weighted by Gasteiger charge is 2.29. The Morgan fingerprint density at radius 1 is 1.30 bits per heavy atom. The van der Waals surface area contributed by atoms with Crippen molar-refractivity contribution in [1.29, 1.82) is 0 Å². The van der Waals surface area contributed by atoms with Crippen LogP contribution in [0.15, 0.2) is 24.7 Å². The molecule has 0 aromatic carbocycles. The summed E-state index contributed by atoms with van der Waals surface area (Å²) in [7, 11) is 0. The van der Waals surface area contributed by atoms with Crippen LogP contribution in [0, 0.1) is 5.82 Å². The molecule has 0 radical (unpaired) electrons. The highest BCUT2D eigenvalue weighted by Crippen LogP contribution is 2.32. The van der Waals surface area contributed by atoms with Gasteiger partial charge in [-0.25, -0.2) is 19.3 Å². The quantitative estimate of drug-likeness (QED) is 0.765. The molecule has 1 fully saturated rings. The summed E-state index contributed by atoms with van der Waals surface area (Å²) >= 11 is 0. The summed E-state index contributed by atoms with van der Waals surface area (Å²) in [5.41, 5.74) is 8.06. The molecule has 0 aliphatic carbocycles. The summed E-state index contributed by atoms with van der Waals surface area (Å²) in [5, 5.41) is 0. The van der Waals surface area contributed by atoms with Gasteiger partial charge in [0.05, 0.1) is 24.3 Å². The van der Waals surface area contributed by atoms with E-state index in [1.54, 1.807) is 12.4 Å². The molecule has 8 heteroatoms. The number of pyridine rings is 1. The molecule has 1 aliphatic heterocycles. The standard InChI is InChI=1S/C15H16FN7/c16-9-3-4-10(18-6-9)7-23-5-1-2-11(23)14-21-13(17)12-15(22-14)20-8-19-12/h3-4,6,8,11H,1-2,5,7H2,(H3,17,19,20,21,22). The average Bonchev–Trinajstić information content (AvgIpc) is 3.18. The van der Waals surface area contributed by atoms with E-state index in [4.69, 9.17) is 5.73 Å². The maximum absolute atomic E-state index is 13.0. The Bertz CT molecular complexity index is 829. The predicted octanol–water partition coefficient (Wildman–Crippen LogP) is 1.81. The summed E-state index contributed by atoms with van der Waals surface area (Å²) in [5.74, 6) is 0.766. The lowest BCUT2D eigenvalue weighted by atomic mass is 10.2. The topological polar surface area (TPSA) is 96.6 Å². The minimum atomic E-state index is -0.327. The van der Waals surface area contributed by atoms with Gasteiger partial charge in [0.15, 0.2) is 17.3 Å². The molecule has 1 aliphatic rings. The van der Waals surface area contributed by atoms with Crippen LogP contribution in [-0.4, -0.2) is 36.4 Å². The summed E-state index contributed by atoms with van der Waals surface area (Å²) in [6.07, 6.45) is 4.81. The average molecular weight is 313 g/mol. The third kappa shape index (κ3) is 2.61. The fourth-order valence-electron chi connectivity index (χ4n) is 3.04. The number of nitrogens with one attached hydrogen (secondary N) is 1. The van der Waals surface area contributed by atoms with Crippen LogP contribution in [0.2, 0.25) is 0 Å². The number of nitrogens with zero attached hydrogens (tertiary/aromatic N) is 5. The van der Waals surface area contributed by atoms with Crippen LogP contribution in [0.25, 0.3) is 11.2 Å². The number of aromatic nitrogens is 5. The van der Waals surface area contributed by atoms with Crippen LogP contribution < -0.4 is 5.73 Å². The Morgan fingerprint density at radius 3 is 3.04 bits per heavy atom. The zero-order chi connectivity index (χ0) is 15.8. The fourth-order valence-corrected chi connectivity index (χ4v) is 3.04. The first kappa shape index (κ1) is 14.0. The number of anilines is 1. The van der Waals surface area contributed by atoms with Gasteiger partial charge in [0.1, 0.15) is 11.3 Å². The van der Waals surface area contributed by atoms with Crippen LogP contribution in [0.5, 0.6) is 0 Å². The van der Waals surface area contributed by atoms with Gasteiger partial charge in [-0.15, -0.1) is 0 Å². The van der Waals surface area contributed by atoms with Crippen molar-refractivity contribution < 1.29 is 4.39 Å². The van der Waals surface area contributed by atoms with E-state index < -0.39 is 0 Å². The first-order chi connectivity index (χ1) is 11.2. The van der Waals surface area contributed by atoms with Gasteiger partial charge >= 0.3 is 0 Å². The van der Waals surface area contributed by atoms with Gasteiger partial charge in [-0.2, -0.15) is 0 Å². The number of rotatable bonds is 3. The number of H-pyrrole nitrogens is 1. The molecule has 4 rings (SSSR count). The van der Waals surface area contributed by atoms with E-state index >= 15 is 0 Å². The molecule has 4 heterocycles. The van der Waals surface area contributed by atoms with Crippen molar-refractivity contribution in [2.24, 2.45) is 0 Å². The van der Waals surface area contributed by atoms with E-state index in [-0.39, 0.29) is 11.9 Å². The van der Waals surface area contributed by atoms with Crippen LogP contribution in [-0.2, 0) is 6.54 Å². The minimum absolute atomic E-state index is 0.0743. The number of nitrogen functional groups attached to an aromatic ring is 1. The van der Waals surface area contributed by atoms with Crippen LogP contribution in [0.4, 0.5) is 10.2 Å². The van der Waals surface area contributed by atoms with Gasteiger partial charge < -0.3 is 10.7 Å². The number of halogens is 1. The molecule has 0 spiro atoms. The van der Waals surface area contributed by atoms with Crippen molar-refractivity contribution in [2.45, 2.75) is 25.4 Å². The molecule has 7 nitrogen and oxygen atoms in total. The second kappa shape index (κ2) is 5.54. The van der Waals surface area contributed by atoms with E-state index in [1.165, 1.54) is 12.3 Å². The third-order valence-corrected chi connectivity index (χ3v) is 4.15. The van der Waals surface area contributed by atoms with Gasteiger partial charge in [-0.3, -0.25) is 9.88 Å². The molecule has 0 saturated carbocycles. The summed E-state index contributed by atoms with van der Waals surface area (Å²) in [4.78, 5) is 22.4. The van der Waals surface area contributed by atoms with Gasteiger partial charge in [0, 0.05) is 6.54 Å². The van der Waals surface area contributed by atoms with Crippen LogP contribution >= 0.6 is 0 Å². The van der Waals surface area contributed by atoms with Crippen molar-refractivity contribution in [3.63, 3.8) is 0 Å². The second-order valence-electron chi connectivity index (χ2n) is 5.66. The first-order valence-corrected chi connectivity index (χ1v) is 7.51. The number of hydrogen-bond acceptors (Lipinski definition) is 6. The zero-order valence-corrected chi connectivity index (χ0v) is 12.4. The SMILES string of the molecule is Nc1nc(C2CCCN2Cc2ccc(F)cn2)nc2nc[nH]c12. The number of aromatic amines is 1. The lowest BCUT2D eigenvalue weighted by Crippen LogP contribution is -2.25. The van der Waals surface area contributed by atoms with E-state index in [2.05, 4.69) is 29.8 Å². The minimum Gasteiger partial charge on any atom is -0.382 e. The van der Waals surface area contributed by atoms with Gasteiger partial charge in [0.25, 0.3) is 0 Å². The van der Waals surface area contributed by atoms with Crippen LogP contribution in [0.1, 0.15) is 30.4 Å². The second-order valence-corrected chi connectivity index (χ2v) is 5.66. The summed E-state index contributed by atoms with van der Waals surface area (Å²) < 4.78 is 13.0. The molecule has 3 aromatic heterocycles. The Balaban J connectivity index is 1.62. The highest BCUT2D eigenvalue weighted by atomic mass is 19.1. The molecular weight excluding hydrogens is 297 g/mol. The highest BCUT2D eigenvalue weighted by molar-refractivity contribution is 5.80. The molecule has 118 valence electrons. The largest absolute Gasteiger partial charge is 0.382 e. The van der Waals surface area contributed by atoms with Crippen molar-refractivity contribution in [1.82, 2.24) is 29.8 Å². The predicted molar refractivity (Wildman–Crippen MR) is 82.7 cm³/mol. The molecule has 1 saturated heterocycles. The fraction of sp³-hybridized carbons (Fsp3) is 0.333. The number of fused-ring (bicyclic) bond motifs is 1. The lowest BCUT2D eigenvalue weighted by molar-refractivity contribution is 0.237. The number of hydrogen-bond donors (Lipinski definition) is 2. The smallest absolute Gasteiger partial charge is 0.183 e.